The Kier molecular flexibility index (Phi) is 7.42. The van der Waals surface area contributed by atoms with E-state index in [0.717, 1.165) is 0 Å². The molecule has 0 fully saturated rings. The van der Waals surface area contributed by atoms with Crippen molar-refractivity contribution in [2.75, 3.05) is 0 Å². The van der Waals surface area contributed by atoms with Gasteiger partial charge in [0.15, 0.2) is 0 Å². The first-order valence-corrected chi connectivity index (χ1v) is 21.3. The van der Waals surface area contributed by atoms with E-state index in [9.17, 15) is 0 Å². The molecule has 0 amide bonds. The molecule has 0 saturated carbocycles. The zero-order chi connectivity index (χ0) is 40.3. The Bertz CT molecular complexity index is 3410. The Morgan fingerprint density at radius 3 is 1.58 bits per heavy atom. The van der Waals surface area contributed by atoms with Crippen LogP contribution in [0.3, 0.4) is 0 Å². The second-order valence-electron chi connectivity index (χ2n) is 18.0. The highest BCUT2D eigenvalue weighted by atomic mass is 14.4. The van der Waals surface area contributed by atoms with Gasteiger partial charge in [-0.2, -0.15) is 0 Å². The van der Waals surface area contributed by atoms with Crippen LogP contribution in [0.2, 0.25) is 0 Å². The molecule has 284 valence electrons. The van der Waals surface area contributed by atoms with Gasteiger partial charge in [0.25, 0.3) is 0 Å². The molecule has 0 atom stereocenters. The van der Waals surface area contributed by atoms with Crippen LogP contribution >= 0.6 is 0 Å². The molecule has 2 aliphatic rings. The van der Waals surface area contributed by atoms with Gasteiger partial charge < -0.3 is 0 Å². The third-order valence-corrected chi connectivity index (χ3v) is 14.1. The van der Waals surface area contributed by atoms with Crippen molar-refractivity contribution in [3.8, 4) is 66.8 Å². The molecule has 0 bridgehead atoms. The minimum Gasteiger partial charge on any atom is -0.0622 e. The van der Waals surface area contributed by atoms with E-state index in [2.05, 4.69) is 222 Å². The van der Waals surface area contributed by atoms with Gasteiger partial charge in [-0.15, -0.1) is 0 Å². The number of rotatable bonds is 4. The lowest BCUT2D eigenvalue weighted by Gasteiger charge is -2.24. The first-order chi connectivity index (χ1) is 29.3. The molecule has 0 unspecified atom stereocenters. The number of fused-ring (bicyclic) bond motifs is 9. The molecule has 10 aromatic carbocycles. The molecule has 0 aliphatic heterocycles. The molecule has 0 heterocycles. The van der Waals surface area contributed by atoms with Gasteiger partial charge in [0.1, 0.15) is 0 Å². The van der Waals surface area contributed by atoms with Gasteiger partial charge >= 0.3 is 0 Å². The van der Waals surface area contributed by atoms with E-state index in [1.165, 1.54) is 121 Å². The Balaban J connectivity index is 1.09. The van der Waals surface area contributed by atoms with Crippen LogP contribution in [0.5, 0.6) is 0 Å². The zero-order valence-electron chi connectivity index (χ0n) is 34.5. The molecule has 10 aromatic rings. The van der Waals surface area contributed by atoms with Gasteiger partial charge in [-0.25, -0.2) is 0 Å². The molecule has 0 radical (unpaired) electrons. The molecule has 0 aromatic heterocycles. The van der Waals surface area contributed by atoms with Crippen molar-refractivity contribution in [1.82, 2.24) is 0 Å². The normalized spacial score (nSPS) is 14.3. The van der Waals surface area contributed by atoms with Crippen molar-refractivity contribution in [3.05, 3.63) is 216 Å². The molecule has 60 heavy (non-hydrogen) atoms. The van der Waals surface area contributed by atoms with Crippen molar-refractivity contribution in [2.24, 2.45) is 0 Å². The summed E-state index contributed by atoms with van der Waals surface area (Å²) in [5.74, 6) is 0. The van der Waals surface area contributed by atoms with Crippen molar-refractivity contribution < 1.29 is 0 Å². The third kappa shape index (κ3) is 4.98. The Morgan fingerprint density at radius 1 is 0.250 bits per heavy atom. The fourth-order valence-corrected chi connectivity index (χ4v) is 11.0. The number of hydrogen-bond donors (Lipinski definition) is 0. The lowest BCUT2D eigenvalue weighted by molar-refractivity contribution is 0.660. The number of benzene rings is 10. The summed E-state index contributed by atoms with van der Waals surface area (Å²) in [4.78, 5) is 0. The maximum absolute atomic E-state index is 2.51. The number of hydrogen-bond acceptors (Lipinski definition) is 0. The summed E-state index contributed by atoms with van der Waals surface area (Å²) in [5.41, 5.74) is 20.8. The average Bonchev–Trinajstić information content (AvgIpc) is 3.67. The second kappa shape index (κ2) is 12.7. The summed E-state index contributed by atoms with van der Waals surface area (Å²) in [7, 11) is 0. The van der Waals surface area contributed by atoms with E-state index in [1.54, 1.807) is 0 Å². The lowest BCUT2D eigenvalue weighted by Crippen LogP contribution is -2.15. The minimum absolute atomic E-state index is 0.0896. The fourth-order valence-electron chi connectivity index (χ4n) is 11.0. The van der Waals surface area contributed by atoms with Gasteiger partial charge in [-0.1, -0.05) is 198 Å². The van der Waals surface area contributed by atoms with Gasteiger partial charge in [0.05, 0.1) is 0 Å². The fraction of sp³-hybridized carbons (Fsp3) is 0.100. The third-order valence-electron chi connectivity index (χ3n) is 14.1. The predicted molar refractivity (Wildman–Crippen MR) is 256 cm³/mol. The topological polar surface area (TPSA) is 0 Å². The van der Waals surface area contributed by atoms with E-state index >= 15 is 0 Å². The van der Waals surface area contributed by atoms with E-state index in [4.69, 9.17) is 0 Å². The van der Waals surface area contributed by atoms with Crippen LogP contribution in [0.1, 0.15) is 49.9 Å². The van der Waals surface area contributed by atoms with E-state index in [-0.39, 0.29) is 10.8 Å². The average molecular weight is 765 g/mol. The lowest BCUT2D eigenvalue weighted by atomic mass is 9.79. The maximum Gasteiger partial charge on any atom is 0.0159 e. The maximum atomic E-state index is 2.51. The van der Waals surface area contributed by atoms with Gasteiger partial charge in [0, 0.05) is 10.8 Å². The summed E-state index contributed by atoms with van der Waals surface area (Å²) in [6.45, 7) is 9.58. The molecular weight excluding hydrogens is 721 g/mol. The van der Waals surface area contributed by atoms with E-state index in [0.29, 0.717) is 0 Å². The van der Waals surface area contributed by atoms with Crippen LogP contribution in [-0.2, 0) is 10.8 Å². The molecule has 12 rings (SSSR count). The van der Waals surface area contributed by atoms with Crippen LogP contribution in [0.25, 0.3) is 99.1 Å². The molecule has 0 spiro atoms. The molecule has 2 aliphatic carbocycles. The van der Waals surface area contributed by atoms with E-state index < -0.39 is 0 Å². The van der Waals surface area contributed by atoms with Crippen LogP contribution in [0, 0.1) is 0 Å². The van der Waals surface area contributed by atoms with Crippen molar-refractivity contribution >= 4 is 32.3 Å². The first kappa shape index (κ1) is 35.0. The Labute approximate surface area is 352 Å². The molecule has 0 N–H and O–H groups in total. The summed E-state index contributed by atoms with van der Waals surface area (Å²) in [5, 5.41) is 7.66. The summed E-state index contributed by atoms with van der Waals surface area (Å²) in [6, 6.07) is 73.1. The van der Waals surface area contributed by atoms with Crippen molar-refractivity contribution in [2.45, 2.75) is 38.5 Å². The Morgan fingerprint density at radius 2 is 0.783 bits per heavy atom. The largest absolute Gasteiger partial charge is 0.0622 e. The summed E-state index contributed by atoms with van der Waals surface area (Å²) >= 11 is 0. The predicted octanol–water partition coefficient (Wildman–Crippen LogP) is 16.4. The standard InChI is InChI=1S/C60H44/c1-59(2)52-23-13-12-21-49(52)58-50(22-14-24-53(58)59)57-47-20-11-10-19-46(47)56(48-32-28-41(34-51(48)57)37-15-6-5-7-16-37)43-29-31-45-44-30-27-42(35-54(44)60(3,4)55(45)36-43)40-26-25-38-17-8-9-18-39(38)33-40/h5-36H,1-4H3. The minimum atomic E-state index is -0.176. The molecule has 0 nitrogen and oxygen atoms in total. The molecule has 0 saturated heterocycles. The van der Waals surface area contributed by atoms with Gasteiger partial charge in [-0.3, -0.25) is 0 Å². The summed E-state index contributed by atoms with van der Waals surface area (Å²) in [6.07, 6.45) is 0. The molecule has 0 heteroatoms. The van der Waals surface area contributed by atoms with Crippen LogP contribution in [-0.4, -0.2) is 0 Å². The summed E-state index contributed by atoms with van der Waals surface area (Å²) < 4.78 is 0. The zero-order valence-corrected chi connectivity index (χ0v) is 34.5. The molecular formula is C60H44. The van der Waals surface area contributed by atoms with Crippen LogP contribution in [0.4, 0.5) is 0 Å². The van der Waals surface area contributed by atoms with Crippen molar-refractivity contribution in [1.29, 1.82) is 0 Å². The Hall–Kier alpha value is -7.02. The SMILES string of the molecule is CC1(C)c2cc(-c3ccc4ccccc4c3)ccc2-c2ccc(-c3c4ccccc4c(-c4cccc5c4-c4ccccc4C5(C)C)c4cc(-c5ccccc5)ccc34)cc21. The smallest absolute Gasteiger partial charge is 0.0159 e. The van der Waals surface area contributed by atoms with Gasteiger partial charge in [0.2, 0.25) is 0 Å². The van der Waals surface area contributed by atoms with Crippen LogP contribution < -0.4 is 0 Å². The highest BCUT2D eigenvalue weighted by molar-refractivity contribution is 6.23. The second-order valence-corrected chi connectivity index (χ2v) is 18.0. The quantitative estimate of drug-likeness (QED) is 0.157. The van der Waals surface area contributed by atoms with Crippen molar-refractivity contribution in [3.63, 3.8) is 0 Å². The monoisotopic (exact) mass is 764 g/mol. The first-order valence-electron chi connectivity index (χ1n) is 21.3. The highest BCUT2D eigenvalue weighted by Gasteiger charge is 2.38. The van der Waals surface area contributed by atoms with Gasteiger partial charge in [-0.05, 0) is 146 Å². The van der Waals surface area contributed by atoms with E-state index in [1.807, 2.05) is 0 Å². The highest BCUT2D eigenvalue weighted by Crippen LogP contribution is 2.56. The van der Waals surface area contributed by atoms with Crippen LogP contribution in [0.15, 0.2) is 194 Å².